The van der Waals surface area contributed by atoms with Crippen molar-refractivity contribution in [1.82, 2.24) is 5.32 Å². The maximum atomic E-state index is 12.2. The van der Waals surface area contributed by atoms with E-state index >= 15 is 0 Å². The second-order valence-corrected chi connectivity index (χ2v) is 5.94. The Morgan fingerprint density at radius 1 is 1.12 bits per heavy atom. The molecule has 1 atom stereocenters. The predicted octanol–water partition coefficient (Wildman–Crippen LogP) is 4.17. The van der Waals surface area contributed by atoms with E-state index in [1.165, 1.54) is 0 Å². The third-order valence-corrected chi connectivity index (χ3v) is 4.15. The summed E-state index contributed by atoms with van der Waals surface area (Å²) in [6.45, 7) is 1.92. The van der Waals surface area contributed by atoms with Gasteiger partial charge in [0.15, 0.2) is 0 Å². The monoisotopic (exact) mass is 347 g/mol. The molecule has 0 aliphatic rings. The lowest BCUT2D eigenvalue weighted by molar-refractivity contribution is -0.121. The Bertz CT molecular complexity index is 681. The van der Waals surface area contributed by atoms with Crippen molar-refractivity contribution >= 4 is 17.5 Å². The number of carbonyl (C=O) groups is 1. The largest absolute Gasteiger partial charge is 0.497 e. The summed E-state index contributed by atoms with van der Waals surface area (Å²) in [5.74, 6) is 1.41. The lowest BCUT2D eigenvalue weighted by atomic mass is 10.1. The molecule has 0 aliphatic carbocycles. The average Bonchev–Trinajstić information content (AvgIpc) is 2.59. The molecule has 24 heavy (non-hydrogen) atoms. The van der Waals surface area contributed by atoms with Crippen molar-refractivity contribution in [3.8, 4) is 11.5 Å². The molecule has 0 radical (unpaired) electrons. The van der Waals surface area contributed by atoms with Crippen LogP contribution in [0.4, 0.5) is 0 Å². The van der Waals surface area contributed by atoms with Crippen molar-refractivity contribution in [2.75, 3.05) is 14.2 Å². The number of benzene rings is 2. The molecule has 4 nitrogen and oxygen atoms in total. The fraction of sp³-hybridized carbons (Fsp3) is 0.316. The molecule has 0 aliphatic heterocycles. The molecule has 5 heteroatoms. The molecule has 0 saturated carbocycles. The number of ether oxygens (including phenoxy) is 2. The first-order chi connectivity index (χ1) is 11.5. The van der Waals surface area contributed by atoms with Crippen LogP contribution in [0, 0.1) is 0 Å². The van der Waals surface area contributed by atoms with Crippen LogP contribution >= 0.6 is 11.6 Å². The summed E-state index contributed by atoms with van der Waals surface area (Å²) in [7, 11) is 3.22. The second kappa shape index (κ2) is 8.60. The molecule has 0 heterocycles. The third kappa shape index (κ3) is 4.90. The van der Waals surface area contributed by atoms with Crippen LogP contribution in [0.1, 0.15) is 30.5 Å². The number of nitrogens with one attached hydrogen (secondary N) is 1. The molecule has 1 amide bonds. The molecule has 0 bridgehead atoms. The number of rotatable bonds is 7. The molecular weight excluding hydrogens is 326 g/mol. The Hall–Kier alpha value is -2.20. The second-order valence-electron chi connectivity index (χ2n) is 5.53. The molecule has 0 aromatic heterocycles. The SMILES string of the molecule is COc1cc(CCC(=O)NC(C)c2ccccc2Cl)cc(OC)c1. The molecular formula is C19H22ClNO3. The minimum atomic E-state index is -0.133. The number of halogens is 1. The third-order valence-electron chi connectivity index (χ3n) is 3.80. The van der Waals surface area contributed by atoms with E-state index in [1.54, 1.807) is 14.2 Å². The van der Waals surface area contributed by atoms with Gasteiger partial charge < -0.3 is 14.8 Å². The van der Waals surface area contributed by atoms with Crippen molar-refractivity contribution in [3.63, 3.8) is 0 Å². The fourth-order valence-corrected chi connectivity index (χ4v) is 2.79. The van der Waals surface area contributed by atoms with E-state index in [4.69, 9.17) is 21.1 Å². The first-order valence-corrected chi connectivity index (χ1v) is 8.17. The van der Waals surface area contributed by atoms with Crippen molar-refractivity contribution in [2.45, 2.75) is 25.8 Å². The van der Waals surface area contributed by atoms with Crippen LogP contribution in [0.5, 0.6) is 11.5 Å². The summed E-state index contributed by atoms with van der Waals surface area (Å²) in [6, 6.07) is 13.0. The maximum absolute atomic E-state index is 12.2. The number of amides is 1. The van der Waals surface area contributed by atoms with E-state index in [0.717, 1.165) is 11.1 Å². The maximum Gasteiger partial charge on any atom is 0.220 e. The summed E-state index contributed by atoms with van der Waals surface area (Å²) < 4.78 is 10.5. The van der Waals surface area contributed by atoms with Gasteiger partial charge in [-0.1, -0.05) is 29.8 Å². The highest BCUT2D eigenvalue weighted by Gasteiger charge is 2.12. The smallest absolute Gasteiger partial charge is 0.220 e. The lowest BCUT2D eigenvalue weighted by Crippen LogP contribution is -2.27. The highest BCUT2D eigenvalue weighted by molar-refractivity contribution is 6.31. The summed E-state index contributed by atoms with van der Waals surface area (Å²) in [6.07, 6.45) is 0.986. The van der Waals surface area contributed by atoms with Crippen LogP contribution in [0.2, 0.25) is 5.02 Å². The number of hydrogen-bond acceptors (Lipinski definition) is 3. The van der Waals surface area contributed by atoms with Crippen LogP contribution in [-0.4, -0.2) is 20.1 Å². The van der Waals surface area contributed by atoms with Crippen LogP contribution in [0.3, 0.4) is 0 Å². The average molecular weight is 348 g/mol. The fourth-order valence-electron chi connectivity index (χ4n) is 2.49. The van der Waals surface area contributed by atoms with Crippen molar-refractivity contribution in [3.05, 3.63) is 58.6 Å². The van der Waals surface area contributed by atoms with E-state index < -0.39 is 0 Å². The topological polar surface area (TPSA) is 47.6 Å². The number of carbonyl (C=O) groups excluding carboxylic acids is 1. The van der Waals surface area contributed by atoms with Gasteiger partial charge >= 0.3 is 0 Å². The Morgan fingerprint density at radius 3 is 2.33 bits per heavy atom. The molecule has 128 valence electrons. The molecule has 0 fully saturated rings. The normalized spacial score (nSPS) is 11.7. The van der Waals surface area contributed by atoms with Gasteiger partial charge in [0.25, 0.3) is 0 Å². The van der Waals surface area contributed by atoms with Gasteiger partial charge in [-0.2, -0.15) is 0 Å². The zero-order chi connectivity index (χ0) is 17.5. The Labute approximate surface area is 147 Å². The number of hydrogen-bond donors (Lipinski definition) is 1. The Kier molecular flexibility index (Phi) is 6.50. The minimum Gasteiger partial charge on any atom is -0.497 e. The first kappa shape index (κ1) is 18.1. The van der Waals surface area contributed by atoms with Gasteiger partial charge in [0.2, 0.25) is 5.91 Å². The van der Waals surface area contributed by atoms with Crippen LogP contribution < -0.4 is 14.8 Å². The van der Waals surface area contributed by atoms with Gasteiger partial charge in [0, 0.05) is 17.5 Å². The van der Waals surface area contributed by atoms with Crippen molar-refractivity contribution in [1.29, 1.82) is 0 Å². The van der Waals surface area contributed by atoms with Crippen LogP contribution in [0.25, 0.3) is 0 Å². The van der Waals surface area contributed by atoms with Gasteiger partial charge in [-0.25, -0.2) is 0 Å². The minimum absolute atomic E-state index is 0.0239. The number of aryl methyl sites for hydroxylation is 1. The summed E-state index contributed by atoms with van der Waals surface area (Å²) in [4.78, 5) is 12.2. The summed E-state index contributed by atoms with van der Waals surface area (Å²) >= 11 is 6.16. The van der Waals surface area contributed by atoms with Crippen molar-refractivity contribution < 1.29 is 14.3 Å². The highest BCUT2D eigenvalue weighted by Crippen LogP contribution is 2.24. The quantitative estimate of drug-likeness (QED) is 0.817. The highest BCUT2D eigenvalue weighted by atomic mass is 35.5. The first-order valence-electron chi connectivity index (χ1n) is 7.79. The summed E-state index contributed by atoms with van der Waals surface area (Å²) in [5, 5.41) is 3.63. The molecule has 1 N–H and O–H groups in total. The van der Waals surface area contributed by atoms with Crippen LogP contribution in [0.15, 0.2) is 42.5 Å². The Balaban J connectivity index is 1.95. The molecule has 2 rings (SSSR count). The summed E-state index contributed by atoms with van der Waals surface area (Å²) in [5.41, 5.74) is 1.90. The van der Waals surface area contributed by atoms with Crippen molar-refractivity contribution in [2.24, 2.45) is 0 Å². The lowest BCUT2D eigenvalue weighted by Gasteiger charge is -2.16. The molecule has 1 unspecified atom stereocenters. The van der Waals surface area contributed by atoms with Gasteiger partial charge in [0.05, 0.1) is 20.3 Å². The van der Waals surface area contributed by atoms with Crippen LogP contribution in [-0.2, 0) is 11.2 Å². The molecule has 0 spiro atoms. The molecule has 2 aromatic carbocycles. The van der Waals surface area contributed by atoms with Gasteiger partial charge in [0.1, 0.15) is 11.5 Å². The van der Waals surface area contributed by atoms with E-state index in [1.807, 2.05) is 49.4 Å². The van der Waals surface area contributed by atoms with E-state index in [2.05, 4.69) is 5.32 Å². The Morgan fingerprint density at radius 2 is 1.75 bits per heavy atom. The van der Waals surface area contributed by atoms with E-state index in [9.17, 15) is 4.79 Å². The molecule has 0 saturated heterocycles. The van der Waals surface area contributed by atoms with Gasteiger partial charge in [-0.15, -0.1) is 0 Å². The van der Waals surface area contributed by atoms with Gasteiger partial charge in [-0.3, -0.25) is 4.79 Å². The van der Waals surface area contributed by atoms with Gasteiger partial charge in [-0.05, 0) is 42.7 Å². The standard InChI is InChI=1S/C19H22ClNO3/c1-13(17-6-4-5-7-18(17)20)21-19(22)9-8-14-10-15(23-2)12-16(11-14)24-3/h4-7,10-13H,8-9H2,1-3H3,(H,21,22). The number of methoxy groups -OCH3 is 2. The predicted molar refractivity (Wildman–Crippen MR) is 95.9 cm³/mol. The molecule has 2 aromatic rings. The van der Waals surface area contributed by atoms with E-state index in [-0.39, 0.29) is 11.9 Å². The van der Waals surface area contributed by atoms with E-state index in [0.29, 0.717) is 29.4 Å². The zero-order valence-electron chi connectivity index (χ0n) is 14.1. The zero-order valence-corrected chi connectivity index (χ0v) is 14.9.